The van der Waals surface area contributed by atoms with Crippen LogP contribution in [0.25, 0.3) is 0 Å². The van der Waals surface area contributed by atoms with Crippen LogP contribution in [0.3, 0.4) is 0 Å². The second-order valence-corrected chi connectivity index (χ2v) is 9.05. The summed E-state index contributed by atoms with van der Waals surface area (Å²) >= 11 is 12.2. The third kappa shape index (κ3) is 8.62. The molecule has 2 amide bonds. The van der Waals surface area contributed by atoms with E-state index >= 15 is 0 Å². The Bertz CT molecular complexity index is 1160. The number of hydrogen-bond acceptors (Lipinski definition) is 3. The first-order chi connectivity index (χ1) is 17.1. The maximum absolute atomic E-state index is 12.9. The molecule has 1 unspecified atom stereocenters. The molecule has 0 fully saturated rings. The summed E-state index contributed by atoms with van der Waals surface area (Å²) < 4.78 is 38.8. The van der Waals surface area contributed by atoms with Crippen LogP contribution >= 0.6 is 23.2 Å². The van der Waals surface area contributed by atoms with Crippen LogP contribution in [0, 0.1) is 0 Å². The molecule has 0 saturated heterocycles. The van der Waals surface area contributed by atoms with Crippen molar-refractivity contribution in [3.05, 3.63) is 93.5 Å². The van der Waals surface area contributed by atoms with Crippen molar-refractivity contribution in [3.63, 3.8) is 0 Å². The van der Waals surface area contributed by atoms with Crippen molar-refractivity contribution in [1.29, 1.82) is 0 Å². The molecule has 4 N–H and O–H groups in total. The maximum atomic E-state index is 12.9. The zero-order valence-corrected chi connectivity index (χ0v) is 20.7. The number of anilines is 1. The first kappa shape index (κ1) is 27.6. The van der Waals surface area contributed by atoms with Gasteiger partial charge in [-0.05, 0) is 79.5 Å². The van der Waals surface area contributed by atoms with E-state index in [0.717, 1.165) is 36.2 Å². The predicted molar refractivity (Wildman–Crippen MR) is 137 cm³/mol. The highest BCUT2D eigenvalue weighted by Gasteiger charge is 2.30. The molecule has 0 spiro atoms. The highest BCUT2D eigenvalue weighted by atomic mass is 35.5. The molecule has 36 heavy (non-hydrogen) atoms. The minimum atomic E-state index is -4.50. The van der Waals surface area contributed by atoms with Crippen molar-refractivity contribution < 1.29 is 23.1 Å². The van der Waals surface area contributed by atoms with Gasteiger partial charge in [0.05, 0.1) is 15.6 Å². The second-order valence-electron chi connectivity index (χ2n) is 8.24. The fraction of sp³-hybridized carbons (Fsp3) is 0.269. The van der Waals surface area contributed by atoms with Crippen LogP contribution < -0.4 is 16.0 Å². The smallest absolute Gasteiger partial charge is 0.416 e. The van der Waals surface area contributed by atoms with Gasteiger partial charge in [0.2, 0.25) is 0 Å². The number of benzene rings is 3. The van der Waals surface area contributed by atoms with Crippen LogP contribution in [0.5, 0.6) is 5.75 Å². The topological polar surface area (TPSA) is 73.4 Å². The highest BCUT2D eigenvalue weighted by molar-refractivity contribution is 6.42. The predicted octanol–water partition coefficient (Wildman–Crippen LogP) is 6.85. The van der Waals surface area contributed by atoms with Gasteiger partial charge in [0, 0.05) is 18.2 Å². The Morgan fingerprint density at radius 3 is 2.39 bits per heavy atom. The van der Waals surface area contributed by atoms with E-state index in [0.29, 0.717) is 23.0 Å². The standard InChI is InChI=1S/C26H26Cl2F3N3O2/c27-23-9-6-18(14-24(23)28)19(11-13-32-12-10-17-4-7-22(35)8-5-17)16-33-25(36)34-21-3-1-2-20(15-21)26(29,30)31/h1-9,14-15,19,32,35H,10-13,16H2,(H2,33,34,36). The molecule has 5 nitrogen and oxygen atoms in total. The molecule has 0 radical (unpaired) electrons. The SMILES string of the molecule is O=C(NCC(CCNCCc1ccc(O)cc1)c1ccc(Cl)c(Cl)c1)Nc1cccc(C(F)(F)F)c1. The van der Waals surface area contributed by atoms with Crippen molar-refractivity contribution in [2.24, 2.45) is 0 Å². The molecule has 3 aromatic carbocycles. The first-order valence-electron chi connectivity index (χ1n) is 11.3. The Hall–Kier alpha value is -2.94. The number of phenolic OH excluding ortho intramolecular Hbond substituents is 1. The van der Waals surface area contributed by atoms with Crippen molar-refractivity contribution in [2.75, 3.05) is 25.0 Å². The summed E-state index contributed by atoms with van der Waals surface area (Å²) in [5.41, 5.74) is 1.18. The average molecular weight is 540 g/mol. The Labute approximate surface area is 217 Å². The summed E-state index contributed by atoms with van der Waals surface area (Å²) in [7, 11) is 0. The number of carbonyl (C=O) groups is 1. The molecule has 0 bridgehead atoms. The van der Waals surface area contributed by atoms with Gasteiger partial charge in [0.15, 0.2) is 0 Å². The lowest BCUT2D eigenvalue weighted by Crippen LogP contribution is -2.33. The van der Waals surface area contributed by atoms with Crippen molar-refractivity contribution in [2.45, 2.75) is 24.9 Å². The minimum Gasteiger partial charge on any atom is -0.508 e. The molecule has 192 valence electrons. The van der Waals surface area contributed by atoms with Crippen molar-refractivity contribution in [3.8, 4) is 5.75 Å². The molecule has 0 aliphatic carbocycles. The summed E-state index contributed by atoms with van der Waals surface area (Å²) in [5.74, 6) is 0.106. The van der Waals surface area contributed by atoms with E-state index in [1.807, 2.05) is 18.2 Å². The van der Waals surface area contributed by atoms with Crippen LogP contribution in [-0.4, -0.2) is 30.8 Å². The summed E-state index contributed by atoms with van der Waals surface area (Å²) in [6.45, 7) is 1.62. The number of urea groups is 1. The fourth-order valence-corrected chi connectivity index (χ4v) is 3.92. The van der Waals surface area contributed by atoms with Gasteiger partial charge < -0.3 is 21.1 Å². The van der Waals surface area contributed by atoms with Gasteiger partial charge in [-0.3, -0.25) is 0 Å². The molecule has 0 heterocycles. The van der Waals surface area contributed by atoms with Gasteiger partial charge in [-0.25, -0.2) is 4.79 Å². The molecule has 3 aromatic rings. The lowest BCUT2D eigenvalue weighted by Gasteiger charge is -2.20. The van der Waals surface area contributed by atoms with E-state index in [1.165, 1.54) is 12.1 Å². The van der Waals surface area contributed by atoms with E-state index in [9.17, 15) is 23.1 Å². The molecule has 10 heteroatoms. The summed E-state index contributed by atoms with van der Waals surface area (Å²) in [5, 5.41) is 18.7. The van der Waals surface area contributed by atoms with Crippen LogP contribution in [0.2, 0.25) is 10.0 Å². The number of halogens is 5. The number of amides is 2. The summed E-state index contributed by atoms with van der Waals surface area (Å²) in [6, 6.07) is 16.1. The normalized spacial score (nSPS) is 12.2. The molecular formula is C26H26Cl2F3N3O2. The Morgan fingerprint density at radius 1 is 0.944 bits per heavy atom. The summed E-state index contributed by atoms with van der Waals surface area (Å²) in [4.78, 5) is 12.4. The lowest BCUT2D eigenvalue weighted by molar-refractivity contribution is -0.137. The zero-order valence-electron chi connectivity index (χ0n) is 19.2. The summed E-state index contributed by atoms with van der Waals surface area (Å²) in [6.07, 6.45) is -3.05. The number of hydrogen-bond donors (Lipinski definition) is 4. The van der Waals surface area contributed by atoms with Gasteiger partial charge in [0.1, 0.15) is 5.75 Å². The number of nitrogens with one attached hydrogen (secondary N) is 3. The van der Waals surface area contributed by atoms with Gasteiger partial charge >= 0.3 is 12.2 Å². The first-order valence-corrected chi connectivity index (χ1v) is 12.0. The van der Waals surface area contributed by atoms with Gasteiger partial charge in [0.25, 0.3) is 0 Å². The van der Waals surface area contributed by atoms with E-state index in [4.69, 9.17) is 23.2 Å². The molecule has 1 atom stereocenters. The number of carbonyl (C=O) groups excluding carboxylic acids is 1. The molecule has 0 aromatic heterocycles. The largest absolute Gasteiger partial charge is 0.508 e. The van der Waals surface area contributed by atoms with Crippen molar-refractivity contribution >= 4 is 34.9 Å². The van der Waals surface area contributed by atoms with Crippen LogP contribution in [0.15, 0.2) is 66.7 Å². The molecule has 3 rings (SSSR count). The fourth-order valence-electron chi connectivity index (χ4n) is 3.61. The Kier molecular flexibility index (Phi) is 9.87. The zero-order chi connectivity index (χ0) is 26.1. The molecular weight excluding hydrogens is 514 g/mol. The van der Waals surface area contributed by atoms with Gasteiger partial charge in [-0.2, -0.15) is 13.2 Å². The van der Waals surface area contributed by atoms with Crippen LogP contribution in [0.4, 0.5) is 23.7 Å². The monoisotopic (exact) mass is 539 g/mol. The number of alkyl halides is 3. The van der Waals surface area contributed by atoms with E-state index in [-0.39, 0.29) is 23.9 Å². The lowest BCUT2D eigenvalue weighted by atomic mass is 9.95. The number of rotatable bonds is 10. The quantitative estimate of drug-likeness (QED) is 0.213. The van der Waals surface area contributed by atoms with Crippen LogP contribution in [-0.2, 0) is 12.6 Å². The molecule has 0 saturated carbocycles. The molecule has 0 aliphatic heterocycles. The van der Waals surface area contributed by atoms with Crippen LogP contribution in [0.1, 0.15) is 29.0 Å². The second kappa shape index (κ2) is 12.9. The highest BCUT2D eigenvalue weighted by Crippen LogP contribution is 2.31. The third-order valence-electron chi connectivity index (χ3n) is 5.57. The number of aromatic hydroxyl groups is 1. The van der Waals surface area contributed by atoms with Crippen molar-refractivity contribution in [1.82, 2.24) is 10.6 Å². The van der Waals surface area contributed by atoms with Gasteiger partial charge in [-0.15, -0.1) is 0 Å². The van der Waals surface area contributed by atoms with E-state index in [2.05, 4.69) is 16.0 Å². The van der Waals surface area contributed by atoms with E-state index < -0.39 is 17.8 Å². The maximum Gasteiger partial charge on any atom is 0.416 e. The minimum absolute atomic E-state index is 0.0457. The Balaban J connectivity index is 1.56. The van der Waals surface area contributed by atoms with E-state index in [1.54, 1.807) is 24.3 Å². The Morgan fingerprint density at radius 2 is 1.69 bits per heavy atom. The van der Waals surface area contributed by atoms with Gasteiger partial charge in [-0.1, -0.05) is 47.5 Å². The number of phenols is 1. The third-order valence-corrected chi connectivity index (χ3v) is 6.31. The molecule has 0 aliphatic rings. The average Bonchev–Trinajstić information content (AvgIpc) is 2.83.